The maximum absolute atomic E-state index is 11.2. The third kappa shape index (κ3) is 4.19. The van der Waals surface area contributed by atoms with E-state index in [-0.39, 0.29) is 24.2 Å². The van der Waals surface area contributed by atoms with E-state index in [1.54, 1.807) is 6.07 Å². The number of rotatable bonds is 4. The topological polar surface area (TPSA) is 94.8 Å². The molecule has 3 N–H and O–H groups in total. The molecule has 0 fully saturated rings. The SMILES string of the molecule is CC(C)(C)c1ccc(O)c(CCO)c1CS(=O)(=O)O. The highest BCUT2D eigenvalue weighted by molar-refractivity contribution is 7.85. The summed E-state index contributed by atoms with van der Waals surface area (Å²) in [6.07, 6.45) is 0.139. The van der Waals surface area contributed by atoms with Gasteiger partial charge in [-0.2, -0.15) is 8.42 Å². The molecule has 0 aliphatic rings. The van der Waals surface area contributed by atoms with Gasteiger partial charge >= 0.3 is 0 Å². The van der Waals surface area contributed by atoms with Crippen LogP contribution in [0.3, 0.4) is 0 Å². The molecule has 0 aliphatic heterocycles. The molecule has 0 atom stereocenters. The monoisotopic (exact) mass is 288 g/mol. The van der Waals surface area contributed by atoms with Gasteiger partial charge in [-0.05, 0) is 29.0 Å². The van der Waals surface area contributed by atoms with Gasteiger partial charge in [0.25, 0.3) is 10.1 Å². The fourth-order valence-electron chi connectivity index (χ4n) is 2.12. The second-order valence-electron chi connectivity index (χ2n) is 5.54. The average Bonchev–Trinajstić information content (AvgIpc) is 2.19. The van der Waals surface area contributed by atoms with Crippen LogP contribution in [0.1, 0.15) is 37.5 Å². The molecule has 1 aromatic carbocycles. The van der Waals surface area contributed by atoms with E-state index in [9.17, 15) is 13.5 Å². The molecule has 0 heterocycles. The second-order valence-corrected chi connectivity index (χ2v) is 6.99. The Morgan fingerprint density at radius 1 is 1.16 bits per heavy atom. The fourth-order valence-corrected chi connectivity index (χ4v) is 2.82. The van der Waals surface area contributed by atoms with Crippen LogP contribution in [0.25, 0.3) is 0 Å². The Kier molecular flexibility index (Phi) is 4.60. The molecule has 0 saturated carbocycles. The second kappa shape index (κ2) is 5.48. The summed E-state index contributed by atoms with van der Waals surface area (Å²) in [7, 11) is -4.21. The van der Waals surface area contributed by atoms with E-state index in [2.05, 4.69) is 0 Å². The van der Waals surface area contributed by atoms with E-state index >= 15 is 0 Å². The quantitative estimate of drug-likeness (QED) is 0.732. The first-order valence-corrected chi connectivity index (χ1v) is 7.57. The van der Waals surface area contributed by atoms with Crippen molar-refractivity contribution in [3.63, 3.8) is 0 Å². The molecule has 1 rings (SSSR count). The van der Waals surface area contributed by atoms with Crippen molar-refractivity contribution in [3.05, 3.63) is 28.8 Å². The number of benzene rings is 1. The molecule has 0 aromatic heterocycles. The third-order valence-electron chi connectivity index (χ3n) is 2.90. The van der Waals surface area contributed by atoms with Crippen LogP contribution in [-0.4, -0.2) is 29.8 Å². The Balaban J connectivity index is 3.53. The first kappa shape index (κ1) is 15.9. The highest BCUT2D eigenvalue weighted by Gasteiger charge is 2.24. The van der Waals surface area contributed by atoms with Crippen LogP contribution < -0.4 is 0 Å². The smallest absolute Gasteiger partial charge is 0.269 e. The van der Waals surface area contributed by atoms with Crippen LogP contribution in [0.2, 0.25) is 0 Å². The summed E-state index contributed by atoms with van der Waals surface area (Å²) >= 11 is 0. The van der Waals surface area contributed by atoms with Crippen LogP contribution >= 0.6 is 0 Å². The van der Waals surface area contributed by atoms with E-state index in [0.29, 0.717) is 11.1 Å². The van der Waals surface area contributed by atoms with Gasteiger partial charge in [0.05, 0.1) is 0 Å². The Morgan fingerprint density at radius 2 is 1.74 bits per heavy atom. The Morgan fingerprint density at radius 3 is 2.16 bits per heavy atom. The Bertz CT molecular complexity index is 555. The zero-order chi connectivity index (χ0) is 14.8. The van der Waals surface area contributed by atoms with Gasteiger partial charge in [-0.3, -0.25) is 4.55 Å². The van der Waals surface area contributed by atoms with E-state index in [4.69, 9.17) is 9.66 Å². The predicted octanol–water partition coefficient (Wildman–Crippen LogP) is 1.61. The summed E-state index contributed by atoms with van der Waals surface area (Å²) in [6, 6.07) is 3.13. The number of phenolic OH excluding ortho intramolecular Hbond substituents is 1. The minimum Gasteiger partial charge on any atom is -0.508 e. The molecule has 0 spiro atoms. The van der Waals surface area contributed by atoms with Gasteiger partial charge in [0, 0.05) is 12.2 Å². The van der Waals surface area contributed by atoms with Gasteiger partial charge in [-0.1, -0.05) is 26.8 Å². The molecule has 108 valence electrons. The Labute approximate surface area is 113 Å². The summed E-state index contributed by atoms with van der Waals surface area (Å²) in [5.41, 5.74) is 1.13. The molecule has 0 aliphatic carbocycles. The molecule has 0 bridgehead atoms. The van der Waals surface area contributed by atoms with Crippen molar-refractivity contribution in [1.29, 1.82) is 0 Å². The lowest BCUT2D eigenvalue weighted by Gasteiger charge is -2.25. The molecule has 0 saturated heterocycles. The molecule has 6 heteroatoms. The summed E-state index contributed by atoms with van der Waals surface area (Å²) in [4.78, 5) is 0. The van der Waals surface area contributed by atoms with Crippen LogP contribution in [0.5, 0.6) is 5.75 Å². The van der Waals surface area contributed by atoms with Gasteiger partial charge in [-0.15, -0.1) is 0 Å². The van der Waals surface area contributed by atoms with E-state index < -0.39 is 15.9 Å². The number of aromatic hydroxyl groups is 1. The average molecular weight is 288 g/mol. The standard InChI is InChI=1S/C13H20O5S/c1-13(2,3)11-4-5-12(15)9(6-7-14)10(11)8-19(16,17)18/h4-5,14-15H,6-8H2,1-3H3,(H,16,17,18). The highest BCUT2D eigenvalue weighted by Crippen LogP contribution is 2.33. The van der Waals surface area contributed by atoms with Crippen LogP contribution in [0, 0.1) is 0 Å². The van der Waals surface area contributed by atoms with Gasteiger partial charge in [-0.25, -0.2) is 0 Å². The number of aliphatic hydroxyl groups excluding tert-OH is 1. The largest absolute Gasteiger partial charge is 0.508 e. The maximum atomic E-state index is 11.2. The van der Waals surface area contributed by atoms with Crippen molar-refractivity contribution in [1.82, 2.24) is 0 Å². The zero-order valence-electron chi connectivity index (χ0n) is 11.3. The normalized spacial score (nSPS) is 12.7. The van der Waals surface area contributed by atoms with Crippen molar-refractivity contribution in [2.24, 2.45) is 0 Å². The molecular weight excluding hydrogens is 268 g/mol. The molecule has 19 heavy (non-hydrogen) atoms. The van der Waals surface area contributed by atoms with Crippen molar-refractivity contribution >= 4 is 10.1 Å². The van der Waals surface area contributed by atoms with Crippen LogP contribution in [-0.2, 0) is 27.7 Å². The van der Waals surface area contributed by atoms with Gasteiger partial charge in [0.2, 0.25) is 0 Å². The highest BCUT2D eigenvalue weighted by atomic mass is 32.2. The molecule has 0 radical (unpaired) electrons. The minimum atomic E-state index is -4.21. The summed E-state index contributed by atoms with van der Waals surface area (Å²) in [6.45, 7) is 5.53. The first-order chi connectivity index (χ1) is 8.56. The Hall–Kier alpha value is -1.11. The molecule has 5 nitrogen and oxygen atoms in total. The zero-order valence-corrected chi connectivity index (χ0v) is 12.2. The van der Waals surface area contributed by atoms with Crippen molar-refractivity contribution in [2.75, 3.05) is 6.61 Å². The van der Waals surface area contributed by atoms with Crippen LogP contribution in [0.4, 0.5) is 0 Å². The fraction of sp³-hybridized carbons (Fsp3) is 0.538. The predicted molar refractivity (Wildman–Crippen MR) is 72.8 cm³/mol. The van der Waals surface area contributed by atoms with E-state index in [1.807, 2.05) is 20.8 Å². The summed E-state index contributed by atoms with van der Waals surface area (Å²) in [5.74, 6) is -0.635. The van der Waals surface area contributed by atoms with Crippen molar-refractivity contribution < 1.29 is 23.2 Å². The molecule has 0 unspecified atom stereocenters. The number of hydrogen-bond donors (Lipinski definition) is 3. The van der Waals surface area contributed by atoms with E-state index in [0.717, 1.165) is 5.56 Å². The summed E-state index contributed by atoms with van der Waals surface area (Å²) < 4.78 is 31.4. The van der Waals surface area contributed by atoms with Crippen molar-refractivity contribution in [3.8, 4) is 5.75 Å². The lowest BCUT2D eigenvalue weighted by molar-refractivity contribution is 0.297. The van der Waals surface area contributed by atoms with Gasteiger partial charge < -0.3 is 10.2 Å². The number of aliphatic hydroxyl groups is 1. The maximum Gasteiger partial charge on any atom is 0.269 e. The summed E-state index contributed by atoms with van der Waals surface area (Å²) in [5, 5.41) is 18.9. The molecule has 0 amide bonds. The third-order valence-corrected chi connectivity index (χ3v) is 3.56. The number of hydrogen-bond acceptors (Lipinski definition) is 4. The van der Waals surface area contributed by atoms with Crippen molar-refractivity contribution in [2.45, 2.75) is 38.4 Å². The van der Waals surface area contributed by atoms with Crippen LogP contribution in [0.15, 0.2) is 12.1 Å². The molecule has 1 aromatic rings. The first-order valence-electron chi connectivity index (χ1n) is 5.96. The van der Waals surface area contributed by atoms with Gasteiger partial charge in [0.1, 0.15) is 11.5 Å². The number of phenols is 1. The van der Waals surface area contributed by atoms with E-state index in [1.165, 1.54) is 6.07 Å². The lowest BCUT2D eigenvalue weighted by atomic mass is 9.82. The molecular formula is C13H20O5S. The van der Waals surface area contributed by atoms with Gasteiger partial charge in [0.15, 0.2) is 0 Å². The lowest BCUT2D eigenvalue weighted by Crippen LogP contribution is -2.18. The minimum absolute atomic E-state index is 0.0688.